The second-order valence-electron chi connectivity index (χ2n) is 8.43. The Kier molecular flexibility index (Phi) is 6.12. The lowest BCUT2D eigenvalue weighted by molar-refractivity contribution is -0.141. The Morgan fingerprint density at radius 3 is 2.29 bits per heavy atom. The van der Waals surface area contributed by atoms with Gasteiger partial charge in [-0.2, -0.15) is 0 Å². The third-order valence-corrected chi connectivity index (χ3v) is 6.19. The average Bonchev–Trinajstić information content (AvgIpc) is 3.40. The molecule has 2 aromatic carbocycles. The van der Waals surface area contributed by atoms with Gasteiger partial charge in [0.1, 0.15) is 11.5 Å². The summed E-state index contributed by atoms with van der Waals surface area (Å²) in [5.41, 5.74) is 2.58. The maximum absolute atomic E-state index is 13.1. The van der Waals surface area contributed by atoms with Crippen LogP contribution in [0.3, 0.4) is 0 Å². The summed E-state index contributed by atoms with van der Waals surface area (Å²) in [7, 11) is 0. The van der Waals surface area contributed by atoms with E-state index < -0.39 is 17.7 Å². The molecule has 0 radical (unpaired) electrons. The van der Waals surface area contributed by atoms with Crippen molar-refractivity contribution in [3.8, 4) is 5.75 Å². The van der Waals surface area contributed by atoms with E-state index in [9.17, 15) is 14.7 Å². The van der Waals surface area contributed by atoms with Crippen LogP contribution in [-0.4, -0.2) is 34.3 Å². The number of aliphatic hydroxyl groups is 1. The number of likely N-dealkylation sites (tertiary alicyclic amines) is 1. The normalized spacial score (nSPS) is 21.1. The van der Waals surface area contributed by atoms with Gasteiger partial charge in [0.25, 0.3) is 11.7 Å². The Morgan fingerprint density at radius 2 is 1.68 bits per heavy atom. The maximum atomic E-state index is 13.1. The highest BCUT2D eigenvalue weighted by molar-refractivity contribution is 6.46. The van der Waals surface area contributed by atoms with E-state index in [2.05, 4.69) is 6.92 Å². The summed E-state index contributed by atoms with van der Waals surface area (Å²) in [5.74, 6) is -0.490. The number of ketones is 1. The van der Waals surface area contributed by atoms with Crippen molar-refractivity contribution in [3.63, 3.8) is 0 Å². The first kappa shape index (κ1) is 21.2. The minimum absolute atomic E-state index is 0.0146. The van der Waals surface area contributed by atoms with Gasteiger partial charge >= 0.3 is 0 Å². The molecule has 0 bridgehead atoms. The van der Waals surface area contributed by atoms with Crippen LogP contribution >= 0.6 is 0 Å². The van der Waals surface area contributed by atoms with Crippen LogP contribution in [0.1, 0.15) is 61.8 Å². The van der Waals surface area contributed by atoms with Crippen molar-refractivity contribution in [2.45, 2.75) is 58.0 Å². The number of ether oxygens (including phenoxy) is 1. The molecule has 162 valence electrons. The van der Waals surface area contributed by atoms with Gasteiger partial charge in [-0.25, -0.2) is 0 Å². The van der Waals surface area contributed by atoms with Crippen LogP contribution < -0.4 is 4.74 Å². The standard InChI is InChI=1S/C26H29NO4/c1-3-16-31-21-14-12-18(13-15-21)23-22(24(28)19-10-8-17(2)9-11-19)25(29)26(30)27(23)20-6-4-5-7-20/h8-15,20,23,28H,3-7,16H2,1-2H3/b24-22-. The number of amides is 1. The Labute approximate surface area is 183 Å². The fraction of sp³-hybridized carbons (Fsp3) is 0.385. The molecule has 5 nitrogen and oxygen atoms in total. The summed E-state index contributed by atoms with van der Waals surface area (Å²) in [4.78, 5) is 27.9. The predicted octanol–water partition coefficient (Wildman–Crippen LogP) is 5.15. The smallest absolute Gasteiger partial charge is 0.295 e. The van der Waals surface area contributed by atoms with Gasteiger partial charge in [0, 0.05) is 11.6 Å². The molecule has 2 aromatic rings. The number of carbonyl (C=O) groups is 2. The number of rotatable bonds is 6. The molecule has 1 saturated carbocycles. The zero-order valence-corrected chi connectivity index (χ0v) is 18.1. The van der Waals surface area contributed by atoms with Gasteiger partial charge in [-0.3, -0.25) is 9.59 Å². The highest BCUT2D eigenvalue weighted by Crippen LogP contribution is 2.43. The highest BCUT2D eigenvalue weighted by atomic mass is 16.5. The molecule has 5 heteroatoms. The van der Waals surface area contributed by atoms with E-state index in [4.69, 9.17) is 4.74 Å². The zero-order valence-electron chi connectivity index (χ0n) is 18.1. The summed E-state index contributed by atoms with van der Waals surface area (Å²) in [5, 5.41) is 11.1. The molecule has 1 saturated heterocycles. The molecule has 2 aliphatic rings. The maximum Gasteiger partial charge on any atom is 0.295 e. The van der Waals surface area contributed by atoms with Crippen molar-refractivity contribution >= 4 is 17.4 Å². The van der Waals surface area contributed by atoms with Crippen molar-refractivity contribution in [2.24, 2.45) is 0 Å². The van der Waals surface area contributed by atoms with Gasteiger partial charge in [-0.15, -0.1) is 0 Å². The largest absolute Gasteiger partial charge is 0.507 e. The second kappa shape index (κ2) is 8.96. The van der Waals surface area contributed by atoms with E-state index in [1.54, 1.807) is 17.0 Å². The number of nitrogens with zero attached hydrogens (tertiary/aromatic N) is 1. The third kappa shape index (κ3) is 4.09. The number of aryl methyl sites for hydroxylation is 1. The molecular weight excluding hydrogens is 390 g/mol. The SMILES string of the molecule is CCCOc1ccc(C2/C(=C(/O)c3ccc(C)cc3)C(=O)C(=O)N2C2CCCC2)cc1. The number of carbonyl (C=O) groups excluding carboxylic acids is 2. The fourth-order valence-electron chi connectivity index (χ4n) is 4.57. The van der Waals surface area contributed by atoms with E-state index in [0.717, 1.165) is 49.0 Å². The third-order valence-electron chi connectivity index (χ3n) is 6.19. The summed E-state index contributed by atoms with van der Waals surface area (Å²) < 4.78 is 5.69. The molecular formula is C26H29NO4. The Morgan fingerprint density at radius 1 is 1.03 bits per heavy atom. The molecule has 0 aromatic heterocycles. The molecule has 1 heterocycles. The van der Waals surface area contributed by atoms with Crippen molar-refractivity contribution in [1.82, 2.24) is 4.90 Å². The Balaban J connectivity index is 1.80. The lowest BCUT2D eigenvalue weighted by Gasteiger charge is -2.30. The summed E-state index contributed by atoms with van der Waals surface area (Å²) in [6, 6.07) is 14.3. The van der Waals surface area contributed by atoms with Crippen LogP contribution in [0.2, 0.25) is 0 Å². The zero-order chi connectivity index (χ0) is 22.0. The molecule has 1 N–H and O–H groups in total. The van der Waals surface area contributed by atoms with Crippen molar-refractivity contribution < 1.29 is 19.4 Å². The molecule has 1 aliphatic carbocycles. The molecule has 31 heavy (non-hydrogen) atoms. The number of hydrogen-bond donors (Lipinski definition) is 1. The number of aliphatic hydroxyl groups excluding tert-OH is 1. The van der Waals surface area contributed by atoms with Crippen LogP contribution in [0, 0.1) is 6.92 Å². The van der Waals surface area contributed by atoms with Crippen molar-refractivity contribution in [2.75, 3.05) is 6.61 Å². The summed E-state index contributed by atoms with van der Waals surface area (Å²) in [6.07, 6.45) is 4.77. The van der Waals surface area contributed by atoms with Crippen LogP contribution in [0.4, 0.5) is 0 Å². The summed E-state index contributed by atoms with van der Waals surface area (Å²) in [6.45, 7) is 4.65. The quantitative estimate of drug-likeness (QED) is 0.400. The van der Waals surface area contributed by atoms with E-state index in [1.807, 2.05) is 43.3 Å². The van der Waals surface area contributed by atoms with E-state index in [-0.39, 0.29) is 17.4 Å². The van der Waals surface area contributed by atoms with Crippen molar-refractivity contribution in [3.05, 3.63) is 70.8 Å². The molecule has 1 atom stereocenters. The average molecular weight is 420 g/mol. The van der Waals surface area contributed by atoms with Crippen LogP contribution in [-0.2, 0) is 9.59 Å². The summed E-state index contributed by atoms with van der Waals surface area (Å²) >= 11 is 0. The Hall–Kier alpha value is -3.08. The van der Waals surface area contributed by atoms with Crippen molar-refractivity contribution in [1.29, 1.82) is 0 Å². The Bertz CT molecular complexity index is 985. The molecule has 0 spiro atoms. The van der Waals surface area contributed by atoms with E-state index in [1.165, 1.54) is 0 Å². The van der Waals surface area contributed by atoms with Gasteiger partial charge in [0.15, 0.2) is 0 Å². The molecule has 1 amide bonds. The minimum Gasteiger partial charge on any atom is -0.507 e. The number of benzene rings is 2. The van der Waals surface area contributed by atoms with Crippen LogP contribution in [0.25, 0.3) is 5.76 Å². The van der Waals surface area contributed by atoms with E-state index in [0.29, 0.717) is 12.2 Å². The molecule has 1 unspecified atom stereocenters. The van der Waals surface area contributed by atoms with Gasteiger partial charge in [0.05, 0.1) is 18.2 Å². The molecule has 1 aliphatic heterocycles. The first-order valence-corrected chi connectivity index (χ1v) is 11.1. The number of Topliss-reactive ketones (excluding diaryl/α,β-unsaturated/α-hetero) is 1. The van der Waals surface area contributed by atoms with Gasteiger partial charge in [-0.1, -0.05) is 61.7 Å². The van der Waals surface area contributed by atoms with Gasteiger partial charge in [0.2, 0.25) is 0 Å². The molecule has 2 fully saturated rings. The van der Waals surface area contributed by atoms with Crippen LogP contribution in [0.5, 0.6) is 5.75 Å². The number of hydrogen-bond acceptors (Lipinski definition) is 4. The molecule has 4 rings (SSSR count). The monoisotopic (exact) mass is 419 g/mol. The predicted molar refractivity (Wildman–Crippen MR) is 120 cm³/mol. The minimum atomic E-state index is -0.610. The first-order chi connectivity index (χ1) is 15.0. The lowest BCUT2D eigenvalue weighted by Crippen LogP contribution is -2.37. The lowest BCUT2D eigenvalue weighted by atomic mass is 9.94. The topological polar surface area (TPSA) is 66.8 Å². The fourth-order valence-corrected chi connectivity index (χ4v) is 4.57. The van der Waals surface area contributed by atoms with Gasteiger partial charge < -0.3 is 14.7 Å². The van der Waals surface area contributed by atoms with Crippen LogP contribution in [0.15, 0.2) is 54.1 Å². The first-order valence-electron chi connectivity index (χ1n) is 11.1. The second-order valence-corrected chi connectivity index (χ2v) is 8.43. The van der Waals surface area contributed by atoms with E-state index >= 15 is 0 Å². The highest BCUT2D eigenvalue weighted by Gasteiger charge is 2.49. The van der Waals surface area contributed by atoms with Gasteiger partial charge in [-0.05, 0) is 43.9 Å².